The van der Waals surface area contributed by atoms with E-state index in [1.807, 2.05) is 13.0 Å². The average Bonchev–Trinajstić information content (AvgIpc) is 2.38. The van der Waals surface area contributed by atoms with E-state index in [0.29, 0.717) is 11.5 Å². The Balaban J connectivity index is 1.92. The summed E-state index contributed by atoms with van der Waals surface area (Å²) in [6, 6.07) is 8.94. The van der Waals surface area contributed by atoms with E-state index in [2.05, 4.69) is 42.7 Å². The van der Waals surface area contributed by atoms with E-state index < -0.39 is 0 Å². The van der Waals surface area contributed by atoms with Crippen molar-refractivity contribution in [3.05, 3.63) is 29.8 Å². The summed E-state index contributed by atoms with van der Waals surface area (Å²) < 4.78 is 5.54. The molecule has 1 aromatic carbocycles. The van der Waals surface area contributed by atoms with Gasteiger partial charge in [0.2, 0.25) is 0 Å². The zero-order chi connectivity index (χ0) is 13.7. The maximum absolute atomic E-state index is 5.54. The fourth-order valence-corrected chi connectivity index (χ4v) is 2.70. The molecule has 1 unspecified atom stereocenters. The third-order valence-electron chi connectivity index (χ3n) is 3.90. The lowest BCUT2D eigenvalue weighted by Gasteiger charge is -2.39. The molecular formula is C16H26N2O. The van der Waals surface area contributed by atoms with Gasteiger partial charge in [0, 0.05) is 19.1 Å². The Morgan fingerprint density at radius 1 is 1.42 bits per heavy atom. The predicted octanol–water partition coefficient (Wildman–Crippen LogP) is 2.56. The Labute approximate surface area is 116 Å². The Bertz CT molecular complexity index is 403. The molecule has 1 fully saturated rings. The van der Waals surface area contributed by atoms with Gasteiger partial charge in [-0.2, -0.15) is 0 Å². The number of nitrogens with one attached hydrogen (secondary N) is 2. The quantitative estimate of drug-likeness (QED) is 0.855. The maximum Gasteiger partial charge on any atom is 0.119 e. The first-order valence-corrected chi connectivity index (χ1v) is 7.27. The number of hydrogen-bond donors (Lipinski definition) is 2. The molecule has 0 amide bonds. The van der Waals surface area contributed by atoms with Gasteiger partial charge in [-0.1, -0.05) is 26.0 Å². The molecule has 1 aliphatic heterocycles. The molecule has 1 aliphatic rings. The van der Waals surface area contributed by atoms with Crippen molar-refractivity contribution >= 4 is 0 Å². The second-order valence-electron chi connectivity index (χ2n) is 5.97. The number of piperidine rings is 1. The van der Waals surface area contributed by atoms with Crippen molar-refractivity contribution in [3.8, 4) is 5.75 Å². The molecule has 2 rings (SSSR count). The van der Waals surface area contributed by atoms with Crippen LogP contribution in [0.25, 0.3) is 0 Å². The monoisotopic (exact) mass is 262 g/mol. The van der Waals surface area contributed by atoms with Crippen LogP contribution in [0, 0.1) is 5.41 Å². The molecule has 3 heteroatoms. The molecule has 0 radical (unpaired) electrons. The van der Waals surface area contributed by atoms with Gasteiger partial charge in [-0.25, -0.2) is 0 Å². The minimum Gasteiger partial charge on any atom is -0.494 e. The molecule has 0 aromatic heterocycles. The Morgan fingerprint density at radius 3 is 3.00 bits per heavy atom. The standard InChI is InChI=1S/C16H26N2O/c1-4-19-14-7-5-6-13(10-14)11-18-15-8-9-17-12-16(15,2)3/h5-7,10,15,17-18H,4,8-9,11-12H2,1-3H3. The summed E-state index contributed by atoms with van der Waals surface area (Å²) in [4.78, 5) is 0. The van der Waals surface area contributed by atoms with Gasteiger partial charge in [0.05, 0.1) is 6.61 Å². The molecule has 19 heavy (non-hydrogen) atoms. The molecular weight excluding hydrogens is 236 g/mol. The molecule has 0 bridgehead atoms. The van der Waals surface area contributed by atoms with Crippen molar-refractivity contribution in [1.29, 1.82) is 0 Å². The van der Waals surface area contributed by atoms with Crippen molar-refractivity contribution < 1.29 is 4.74 Å². The van der Waals surface area contributed by atoms with E-state index in [0.717, 1.165) is 32.0 Å². The van der Waals surface area contributed by atoms with Crippen LogP contribution in [0.15, 0.2) is 24.3 Å². The van der Waals surface area contributed by atoms with Gasteiger partial charge in [-0.15, -0.1) is 0 Å². The number of benzene rings is 1. The van der Waals surface area contributed by atoms with Crippen LogP contribution >= 0.6 is 0 Å². The van der Waals surface area contributed by atoms with Crippen LogP contribution in [-0.4, -0.2) is 25.7 Å². The normalized spacial score (nSPS) is 22.2. The van der Waals surface area contributed by atoms with Gasteiger partial charge in [-0.3, -0.25) is 0 Å². The number of hydrogen-bond acceptors (Lipinski definition) is 3. The summed E-state index contributed by atoms with van der Waals surface area (Å²) in [6.07, 6.45) is 1.19. The average molecular weight is 262 g/mol. The van der Waals surface area contributed by atoms with E-state index >= 15 is 0 Å². The molecule has 0 spiro atoms. The minimum atomic E-state index is 0.315. The number of ether oxygens (including phenoxy) is 1. The Hall–Kier alpha value is -1.06. The molecule has 1 heterocycles. The van der Waals surface area contributed by atoms with Crippen LogP contribution in [0.4, 0.5) is 0 Å². The van der Waals surface area contributed by atoms with Gasteiger partial charge in [0.25, 0.3) is 0 Å². The van der Waals surface area contributed by atoms with Crippen LogP contribution in [0.2, 0.25) is 0 Å². The van der Waals surface area contributed by atoms with Crippen LogP contribution in [0.3, 0.4) is 0 Å². The molecule has 2 N–H and O–H groups in total. The summed E-state index contributed by atoms with van der Waals surface area (Å²) in [6.45, 7) is 10.5. The van der Waals surface area contributed by atoms with Crippen LogP contribution in [0.5, 0.6) is 5.75 Å². The van der Waals surface area contributed by atoms with Crippen molar-refractivity contribution in [2.45, 2.75) is 39.8 Å². The highest BCUT2D eigenvalue weighted by atomic mass is 16.5. The summed E-state index contributed by atoms with van der Waals surface area (Å²) >= 11 is 0. The first-order valence-electron chi connectivity index (χ1n) is 7.27. The van der Waals surface area contributed by atoms with Crippen molar-refractivity contribution in [3.63, 3.8) is 0 Å². The van der Waals surface area contributed by atoms with Crippen molar-refractivity contribution in [1.82, 2.24) is 10.6 Å². The van der Waals surface area contributed by atoms with E-state index in [9.17, 15) is 0 Å². The lowest BCUT2D eigenvalue weighted by atomic mass is 9.80. The van der Waals surface area contributed by atoms with Gasteiger partial charge in [0.1, 0.15) is 5.75 Å². The van der Waals surface area contributed by atoms with E-state index in [1.165, 1.54) is 12.0 Å². The van der Waals surface area contributed by atoms with Crippen LogP contribution in [-0.2, 0) is 6.54 Å². The molecule has 106 valence electrons. The summed E-state index contributed by atoms with van der Waals surface area (Å²) in [7, 11) is 0. The van der Waals surface area contributed by atoms with Crippen LogP contribution in [0.1, 0.15) is 32.8 Å². The maximum atomic E-state index is 5.54. The second kappa shape index (κ2) is 6.40. The van der Waals surface area contributed by atoms with Gasteiger partial charge in [0.15, 0.2) is 0 Å². The smallest absolute Gasteiger partial charge is 0.119 e. The predicted molar refractivity (Wildman–Crippen MR) is 79.5 cm³/mol. The largest absolute Gasteiger partial charge is 0.494 e. The summed E-state index contributed by atoms with van der Waals surface area (Å²) in [5.41, 5.74) is 1.61. The van der Waals surface area contributed by atoms with E-state index in [1.54, 1.807) is 0 Å². The molecule has 0 saturated carbocycles. The second-order valence-corrected chi connectivity index (χ2v) is 5.97. The molecule has 1 atom stereocenters. The number of rotatable bonds is 5. The molecule has 0 aliphatic carbocycles. The zero-order valence-corrected chi connectivity index (χ0v) is 12.3. The van der Waals surface area contributed by atoms with Crippen molar-refractivity contribution in [2.24, 2.45) is 5.41 Å². The topological polar surface area (TPSA) is 33.3 Å². The van der Waals surface area contributed by atoms with E-state index in [4.69, 9.17) is 4.74 Å². The van der Waals surface area contributed by atoms with E-state index in [-0.39, 0.29) is 0 Å². The molecule has 3 nitrogen and oxygen atoms in total. The summed E-state index contributed by atoms with van der Waals surface area (Å²) in [5.74, 6) is 0.964. The first-order chi connectivity index (χ1) is 9.12. The molecule has 1 saturated heterocycles. The fraction of sp³-hybridized carbons (Fsp3) is 0.625. The third kappa shape index (κ3) is 3.95. The Morgan fingerprint density at radius 2 is 2.26 bits per heavy atom. The fourth-order valence-electron chi connectivity index (χ4n) is 2.70. The molecule has 1 aromatic rings. The highest BCUT2D eigenvalue weighted by molar-refractivity contribution is 5.28. The minimum absolute atomic E-state index is 0.315. The van der Waals surface area contributed by atoms with Crippen LogP contribution < -0.4 is 15.4 Å². The van der Waals surface area contributed by atoms with Crippen molar-refractivity contribution in [2.75, 3.05) is 19.7 Å². The van der Waals surface area contributed by atoms with Gasteiger partial charge in [-0.05, 0) is 43.0 Å². The van der Waals surface area contributed by atoms with Gasteiger partial charge < -0.3 is 15.4 Å². The zero-order valence-electron chi connectivity index (χ0n) is 12.3. The highest BCUT2D eigenvalue weighted by Crippen LogP contribution is 2.25. The lowest BCUT2D eigenvalue weighted by molar-refractivity contribution is 0.184. The lowest BCUT2D eigenvalue weighted by Crippen LogP contribution is -2.52. The Kier molecular flexibility index (Phi) is 4.83. The van der Waals surface area contributed by atoms with Gasteiger partial charge >= 0.3 is 0 Å². The SMILES string of the molecule is CCOc1cccc(CNC2CCNCC2(C)C)c1. The highest BCUT2D eigenvalue weighted by Gasteiger charge is 2.31. The first kappa shape index (κ1) is 14.4. The summed E-state index contributed by atoms with van der Waals surface area (Å²) in [5, 5.41) is 7.17. The third-order valence-corrected chi connectivity index (χ3v) is 3.90.